The van der Waals surface area contributed by atoms with E-state index in [1.807, 2.05) is 0 Å². The van der Waals surface area contributed by atoms with E-state index in [2.05, 4.69) is 0 Å². The van der Waals surface area contributed by atoms with E-state index in [1.54, 1.807) is 25.1 Å². The number of aromatic hydroxyl groups is 1. The van der Waals surface area contributed by atoms with E-state index < -0.39 is 0 Å². The zero-order valence-corrected chi connectivity index (χ0v) is 7.21. The smallest absolute Gasteiger partial charge is 0.123 e. The Bertz CT molecular complexity index is 458. The minimum atomic E-state index is -0.277. The highest BCUT2D eigenvalue weighted by molar-refractivity contribution is 5.87. The van der Waals surface area contributed by atoms with Gasteiger partial charge in [-0.15, -0.1) is 0 Å². The molecule has 13 heavy (non-hydrogen) atoms. The van der Waals surface area contributed by atoms with Gasteiger partial charge < -0.3 is 5.11 Å². The molecule has 2 aromatic rings. The van der Waals surface area contributed by atoms with E-state index in [0.29, 0.717) is 0 Å². The maximum Gasteiger partial charge on any atom is 0.123 e. The van der Waals surface area contributed by atoms with Crippen LogP contribution in [0.5, 0.6) is 5.75 Å². The summed E-state index contributed by atoms with van der Waals surface area (Å²) in [4.78, 5) is 0. The van der Waals surface area contributed by atoms with Crippen LogP contribution < -0.4 is 0 Å². The Morgan fingerprint density at radius 2 is 1.85 bits per heavy atom. The zero-order chi connectivity index (χ0) is 9.42. The number of halogens is 1. The summed E-state index contributed by atoms with van der Waals surface area (Å²) in [7, 11) is 0. The molecule has 0 fully saturated rings. The number of fused-ring (bicyclic) bond motifs is 1. The van der Waals surface area contributed by atoms with Gasteiger partial charge in [0.2, 0.25) is 0 Å². The molecule has 0 aliphatic carbocycles. The quantitative estimate of drug-likeness (QED) is 0.654. The number of hydrogen-bond acceptors (Lipinski definition) is 1. The molecule has 0 aromatic heterocycles. The summed E-state index contributed by atoms with van der Waals surface area (Å²) in [6, 6.07) is 7.95. The Morgan fingerprint density at radius 1 is 1.15 bits per heavy atom. The third-order valence-electron chi connectivity index (χ3n) is 2.22. The lowest BCUT2D eigenvalue weighted by molar-refractivity contribution is 0.472. The number of phenolic OH excluding ortho intramolecular Hbond substituents is 1. The fourth-order valence-corrected chi connectivity index (χ4v) is 1.43. The highest BCUT2D eigenvalue weighted by Gasteiger charge is 2.02. The van der Waals surface area contributed by atoms with Gasteiger partial charge in [-0.25, -0.2) is 4.39 Å². The van der Waals surface area contributed by atoms with Gasteiger partial charge >= 0.3 is 0 Å². The van der Waals surface area contributed by atoms with Crippen LogP contribution in [0.25, 0.3) is 10.8 Å². The lowest BCUT2D eigenvalue weighted by Crippen LogP contribution is -1.81. The van der Waals surface area contributed by atoms with Crippen molar-refractivity contribution in [3.63, 3.8) is 0 Å². The molecule has 0 spiro atoms. The Morgan fingerprint density at radius 3 is 2.62 bits per heavy atom. The number of hydrogen-bond donors (Lipinski definition) is 1. The molecule has 66 valence electrons. The van der Waals surface area contributed by atoms with Crippen molar-refractivity contribution in [3.05, 3.63) is 41.7 Å². The molecule has 0 heterocycles. The number of rotatable bonds is 0. The molecular weight excluding hydrogens is 167 g/mol. The molecule has 0 unspecified atom stereocenters. The van der Waals surface area contributed by atoms with Gasteiger partial charge in [-0.05, 0) is 41.5 Å². The SMILES string of the molecule is Cc1c(O)ccc2ccc(F)cc12. The van der Waals surface area contributed by atoms with E-state index in [4.69, 9.17) is 0 Å². The van der Waals surface area contributed by atoms with E-state index in [9.17, 15) is 9.50 Å². The summed E-state index contributed by atoms with van der Waals surface area (Å²) in [5.41, 5.74) is 0.719. The molecule has 2 rings (SSSR count). The van der Waals surface area contributed by atoms with Gasteiger partial charge in [-0.2, -0.15) is 0 Å². The predicted molar refractivity (Wildman–Crippen MR) is 50.3 cm³/mol. The normalized spacial score (nSPS) is 10.6. The van der Waals surface area contributed by atoms with Crippen molar-refractivity contribution in [1.29, 1.82) is 0 Å². The number of benzene rings is 2. The fourth-order valence-electron chi connectivity index (χ4n) is 1.43. The first kappa shape index (κ1) is 8.05. The molecule has 0 bridgehead atoms. The first-order chi connectivity index (χ1) is 6.18. The van der Waals surface area contributed by atoms with E-state index in [0.717, 1.165) is 16.3 Å². The van der Waals surface area contributed by atoms with Crippen molar-refractivity contribution in [2.45, 2.75) is 6.92 Å². The van der Waals surface area contributed by atoms with Crippen LogP contribution in [0.2, 0.25) is 0 Å². The van der Waals surface area contributed by atoms with Crippen molar-refractivity contribution < 1.29 is 9.50 Å². The molecule has 2 aromatic carbocycles. The van der Waals surface area contributed by atoms with Crippen LogP contribution in [0.3, 0.4) is 0 Å². The predicted octanol–water partition coefficient (Wildman–Crippen LogP) is 2.99. The average molecular weight is 176 g/mol. The second-order valence-electron chi connectivity index (χ2n) is 3.08. The molecule has 1 N–H and O–H groups in total. The maximum absolute atomic E-state index is 12.9. The van der Waals surface area contributed by atoms with E-state index >= 15 is 0 Å². The summed E-state index contributed by atoms with van der Waals surface area (Å²) in [6.07, 6.45) is 0. The molecule has 0 radical (unpaired) electrons. The zero-order valence-electron chi connectivity index (χ0n) is 7.21. The van der Waals surface area contributed by atoms with Crippen molar-refractivity contribution >= 4 is 10.8 Å². The van der Waals surface area contributed by atoms with Crippen LogP contribution in [0.15, 0.2) is 30.3 Å². The summed E-state index contributed by atoms with van der Waals surface area (Å²) in [5.74, 6) is -0.0701. The topological polar surface area (TPSA) is 20.2 Å². The second kappa shape index (κ2) is 2.73. The summed E-state index contributed by atoms with van der Waals surface area (Å²) in [5, 5.41) is 11.1. The largest absolute Gasteiger partial charge is 0.508 e. The van der Waals surface area contributed by atoms with Crippen LogP contribution in [0, 0.1) is 12.7 Å². The average Bonchev–Trinajstić information content (AvgIpc) is 2.12. The monoisotopic (exact) mass is 176 g/mol. The lowest BCUT2D eigenvalue weighted by Gasteiger charge is -2.03. The highest BCUT2D eigenvalue weighted by atomic mass is 19.1. The van der Waals surface area contributed by atoms with Gasteiger partial charge in [0.15, 0.2) is 0 Å². The fraction of sp³-hybridized carbons (Fsp3) is 0.0909. The third-order valence-corrected chi connectivity index (χ3v) is 2.22. The Labute approximate surface area is 75.4 Å². The van der Waals surface area contributed by atoms with Gasteiger partial charge in [0.25, 0.3) is 0 Å². The summed E-state index contributed by atoms with van der Waals surface area (Å²) >= 11 is 0. The van der Waals surface area contributed by atoms with Crippen molar-refractivity contribution in [3.8, 4) is 5.75 Å². The Balaban J connectivity index is 2.89. The standard InChI is InChI=1S/C11H9FO/c1-7-10-6-9(12)4-2-8(10)3-5-11(7)13/h2-6,13H,1H3. The van der Waals surface area contributed by atoms with Gasteiger partial charge in [0.05, 0.1) is 0 Å². The van der Waals surface area contributed by atoms with Crippen molar-refractivity contribution in [1.82, 2.24) is 0 Å². The van der Waals surface area contributed by atoms with Gasteiger partial charge in [-0.3, -0.25) is 0 Å². The van der Waals surface area contributed by atoms with Crippen LogP contribution in [0.4, 0.5) is 4.39 Å². The molecule has 0 amide bonds. The van der Waals surface area contributed by atoms with Gasteiger partial charge in [0.1, 0.15) is 11.6 Å². The molecular formula is C11H9FO. The van der Waals surface area contributed by atoms with Crippen LogP contribution in [-0.4, -0.2) is 5.11 Å². The van der Waals surface area contributed by atoms with Gasteiger partial charge in [-0.1, -0.05) is 12.1 Å². The third kappa shape index (κ3) is 1.24. The molecule has 0 aliphatic heterocycles. The minimum absolute atomic E-state index is 0.207. The minimum Gasteiger partial charge on any atom is -0.508 e. The van der Waals surface area contributed by atoms with Crippen LogP contribution in [-0.2, 0) is 0 Å². The highest BCUT2D eigenvalue weighted by Crippen LogP contribution is 2.26. The Hall–Kier alpha value is -1.57. The lowest BCUT2D eigenvalue weighted by atomic mass is 10.0. The Kier molecular flexibility index (Phi) is 1.69. The van der Waals surface area contributed by atoms with Gasteiger partial charge in [0, 0.05) is 0 Å². The molecule has 2 heteroatoms. The molecule has 0 atom stereocenters. The second-order valence-corrected chi connectivity index (χ2v) is 3.08. The first-order valence-corrected chi connectivity index (χ1v) is 4.06. The summed E-state index contributed by atoms with van der Waals surface area (Å²) < 4.78 is 12.9. The summed E-state index contributed by atoms with van der Waals surface area (Å²) in [6.45, 7) is 1.77. The molecule has 0 saturated carbocycles. The molecule has 1 nitrogen and oxygen atoms in total. The molecule has 0 saturated heterocycles. The maximum atomic E-state index is 12.9. The van der Waals surface area contributed by atoms with E-state index in [1.165, 1.54) is 12.1 Å². The van der Waals surface area contributed by atoms with E-state index in [-0.39, 0.29) is 11.6 Å². The van der Waals surface area contributed by atoms with Crippen LogP contribution >= 0.6 is 0 Å². The van der Waals surface area contributed by atoms with Crippen molar-refractivity contribution in [2.75, 3.05) is 0 Å². The number of aryl methyl sites for hydroxylation is 1. The first-order valence-electron chi connectivity index (χ1n) is 4.06. The van der Waals surface area contributed by atoms with Crippen LogP contribution in [0.1, 0.15) is 5.56 Å². The van der Waals surface area contributed by atoms with Crippen molar-refractivity contribution in [2.24, 2.45) is 0 Å². The molecule has 0 aliphatic rings. The number of phenols is 1.